The van der Waals surface area contributed by atoms with Crippen LogP contribution in [-0.2, 0) is 0 Å². The van der Waals surface area contributed by atoms with Crippen molar-refractivity contribution in [2.24, 2.45) is 0 Å². The van der Waals surface area contributed by atoms with Gasteiger partial charge in [0.2, 0.25) is 0 Å². The summed E-state index contributed by atoms with van der Waals surface area (Å²) in [4.78, 5) is 3.54. The van der Waals surface area contributed by atoms with Gasteiger partial charge in [-0.05, 0) is 55.1 Å². The molecule has 0 unspecified atom stereocenters. The lowest BCUT2D eigenvalue weighted by atomic mass is 10.1. The molecule has 0 amide bonds. The number of nitrogens with one attached hydrogen (secondary N) is 1. The molecule has 3 heteroatoms. The Morgan fingerprint density at radius 1 is 1.00 bits per heavy atom. The highest BCUT2D eigenvalue weighted by Crippen LogP contribution is 2.34. The number of rotatable bonds is 3. The molecule has 0 radical (unpaired) electrons. The van der Waals surface area contributed by atoms with Crippen molar-refractivity contribution in [3.63, 3.8) is 0 Å². The Hall–Kier alpha value is -1.87. The summed E-state index contributed by atoms with van der Waals surface area (Å²) in [5, 5.41) is 9.60. The maximum atomic E-state index is 7.75. The molecule has 0 bridgehead atoms. The van der Waals surface area contributed by atoms with Crippen molar-refractivity contribution in [2.75, 3.05) is 18.0 Å². The van der Waals surface area contributed by atoms with E-state index in [2.05, 4.69) is 43.0 Å². The highest BCUT2D eigenvalue weighted by molar-refractivity contribution is 7.21. The van der Waals surface area contributed by atoms with Crippen molar-refractivity contribution in [3.8, 4) is 10.4 Å². The molecule has 0 fully saturated rings. The van der Waals surface area contributed by atoms with Crippen molar-refractivity contribution in [1.82, 2.24) is 0 Å². The molecule has 1 N–H and O–H groups in total. The van der Waals surface area contributed by atoms with Gasteiger partial charge in [-0.3, -0.25) is 0 Å². The number of benzene rings is 2. The number of anilines is 1. The van der Waals surface area contributed by atoms with Crippen LogP contribution in [-0.4, -0.2) is 13.1 Å². The Bertz CT molecular complexity index is 771. The molecule has 3 rings (SSSR count). The topological polar surface area (TPSA) is 27.1 Å². The third-order valence-electron chi connectivity index (χ3n) is 3.67. The first kappa shape index (κ1) is 13.1. The SMILES string of the molecule is CCN(CC)c1ccc2cc3ccc(=N)cc-3sc2c1. The molecular weight excluding hydrogens is 264 g/mol. The van der Waals surface area contributed by atoms with Gasteiger partial charge in [-0.1, -0.05) is 12.1 Å². The fraction of sp³-hybridized carbons (Fsp3) is 0.235. The third kappa shape index (κ3) is 2.29. The van der Waals surface area contributed by atoms with Gasteiger partial charge in [0.05, 0.1) is 5.36 Å². The second kappa shape index (κ2) is 5.25. The molecule has 102 valence electrons. The van der Waals surface area contributed by atoms with E-state index in [1.54, 1.807) is 11.3 Å². The Labute approximate surface area is 123 Å². The third-order valence-corrected chi connectivity index (χ3v) is 4.82. The molecule has 1 aliphatic heterocycles. The Kier molecular flexibility index (Phi) is 3.45. The molecule has 0 aromatic heterocycles. The summed E-state index contributed by atoms with van der Waals surface area (Å²) in [5.74, 6) is 0. The fourth-order valence-corrected chi connectivity index (χ4v) is 3.64. The molecule has 2 nitrogen and oxygen atoms in total. The van der Waals surface area contributed by atoms with Crippen LogP contribution in [0.15, 0.2) is 42.5 Å². The molecule has 0 saturated carbocycles. The zero-order valence-electron chi connectivity index (χ0n) is 11.8. The van der Waals surface area contributed by atoms with Gasteiger partial charge in [-0.2, -0.15) is 0 Å². The summed E-state index contributed by atoms with van der Waals surface area (Å²) < 4.78 is 1.28. The van der Waals surface area contributed by atoms with E-state index in [1.807, 2.05) is 18.2 Å². The minimum atomic E-state index is 0.577. The largest absolute Gasteiger partial charge is 0.372 e. The van der Waals surface area contributed by atoms with Crippen LogP contribution < -0.4 is 10.3 Å². The van der Waals surface area contributed by atoms with Gasteiger partial charge >= 0.3 is 0 Å². The predicted octanol–water partition coefficient (Wildman–Crippen LogP) is 4.33. The molecule has 2 aliphatic rings. The Morgan fingerprint density at radius 2 is 1.80 bits per heavy atom. The van der Waals surface area contributed by atoms with Gasteiger partial charge in [0.1, 0.15) is 0 Å². The summed E-state index contributed by atoms with van der Waals surface area (Å²) in [6.45, 7) is 6.42. The van der Waals surface area contributed by atoms with Crippen LogP contribution in [0, 0.1) is 5.41 Å². The van der Waals surface area contributed by atoms with E-state index in [-0.39, 0.29) is 0 Å². The zero-order valence-corrected chi connectivity index (χ0v) is 12.6. The molecule has 0 spiro atoms. The number of fused-ring (bicyclic) bond motifs is 2. The van der Waals surface area contributed by atoms with Gasteiger partial charge < -0.3 is 10.3 Å². The van der Waals surface area contributed by atoms with Crippen molar-refractivity contribution in [3.05, 3.63) is 47.8 Å². The number of nitrogens with zero attached hydrogens (tertiary/aromatic N) is 1. The molecule has 0 atom stereocenters. The van der Waals surface area contributed by atoms with E-state index in [4.69, 9.17) is 5.41 Å². The summed E-state index contributed by atoms with van der Waals surface area (Å²) in [7, 11) is 0. The standard InChI is InChI=1S/C17H18N2S/c1-3-19(4-2)15-8-6-13-9-12-5-7-14(18)10-16(12)20-17(13)11-15/h5-11,18H,3-4H2,1-2H3. The monoisotopic (exact) mass is 282 g/mol. The first-order valence-electron chi connectivity index (χ1n) is 6.98. The highest BCUT2D eigenvalue weighted by Gasteiger charge is 2.07. The van der Waals surface area contributed by atoms with E-state index < -0.39 is 0 Å². The lowest BCUT2D eigenvalue weighted by molar-refractivity contribution is 0.867. The highest BCUT2D eigenvalue weighted by atomic mass is 32.1. The number of hydrogen-bond acceptors (Lipinski definition) is 3. The summed E-state index contributed by atoms with van der Waals surface area (Å²) in [6, 6.07) is 14.7. The van der Waals surface area contributed by atoms with Crippen LogP contribution in [0.4, 0.5) is 5.69 Å². The maximum Gasteiger partial charge on any atom is 0.0554 e. The van der Waals surface area contributed by atoms with E-state index >= 15 is 0 Å². The van der Waals surface area contributed by atoms with Crippen LogP contribution in [0.1, 0.15) is 13.8 Å². The number of hydrogen-bond donors (Lipinski definition) is 1. The zero-order chi connectivity index (χ0) is 14.1. The van der Waals surface area contributed by atoms with Crippen molar-refractivity contribution < 1.29 is 0 Å². The quantitative estimate of drug-likeness (QED) is 0.711. The summed E-state index contributed by atoms with van der Waals surface area (Å²) >= 11 is 1.77. The average molecular weight is 282 g/mol. The minimum absolute atomic E-state index is 0.577. The van der Waals surface area contributed by atoms with Crippen molar-refractivity contribution >= 4 is 27.1 Å². The van der Waals surface area contributed by atoms with Crippen molar-refractivity contribution in [2.45, 2.75) is 13.8 Å². The lowest BCUT2D eigenvalue weighted by Crippen LogP contribution is -2.21. The van der Waals surface area contributed by atoms with Crippen LogP contribution >= 0.6 is 11.3 Å². The van der Waals surface area contributed by atoms with Gasteiger partial charge in [0.15, 0.2) is 0 Å². The molecule has 1 aromatic carbocycles. The molecular formula is C17H18N2S. The van der Waals surface area contributed by atoms with E-state index in [9.17, 15) is 0 Å². The molecule has 20 heavy (non-hydrogen) atoms. The predicted molar refractivity (Wildman–Crippen MR) is 87.9 cm³/mol. The second-order valence-electron chi connectivity index (χ2n) is 4.89. The van der Waals surface area contributed by atoms with E-state index in [0.717, 1.165) is 13.1 Å². The maximum absolute atomic E-state index is 7.75. The van der Waals surface area contributed by atoms with Crippen LogP contribution in [0.25, 0.3) is 20.5 Å². The molecule has 1 aliphatic carbocycles. The van der Waals surface area contributed by atoms with Crippen LogP contribution in [0.5, 0.6) is 0 Å². The van der Waals surface area contributed by atoms with Crippen molar-refractivity contribution in [1.29, 1.82) is 5.41 Å². The second-order valence-corrected chi connectivity index (χ2v) is 5.98. The Morgan fingerprint density at radius 3 is 2.55 bits per heavy atom. The summed E-state index contributed by atoms with van der Waals surface area (Å²) in [5.41, 5.74) is 2.49. The normalized spacial score (nSPS) is 11.1. The van der Waals surface area contributed by atoms with Gasteiger partial charge in [0.25, 0.3) is 0 Å². The summed E-state index contributed by atoms with van der Waals surface area (Å²) in [6.07, 6.45) is 0. The first-order chi connectivity index (χ1) is 9.71. The lowest BCUT2D eigenvalue weighted by Gasteiger charge is -2.21. The molecule has 1 aromatic rings. The van der Waals surface area contributed by atoms with E-state index in [0.29, 0.717) is 5.36 Å². The smallest absolute Gasteiger partial charge is 0.0554 e. The van der Waals surface area contributed by atoms with Gasteiger partial charge in [0, 0.05) is 28.4 Å². The fourth-order valence-electron chi connectivity index (χ4n) is 2.54. The van der Waals surface area contributed by atoms with E-state index in [1.165, 1.54) is 26.2 Å². The molecule has 0 saturated heterocycles. The van der Waals surface area contributed by atoms with Gasteiger partial charge in [-0.15, -0.1) is 11.3 Å². The minimum Gasteiger partial charge on any atom is -0.372 e. The Balaban J connectivity index is 2.21. The average Bonchev–Trinajstić information content (AvgIpc) is 2.46. The molecule has 1 heterocycles. The first-order valence-corrected chi connectivity index (χ1v) is 7.80. The van der Waals surface area contributed by atoms with Crippen LogP contribution in [0.3, 0.4) is 0 Å². The van der Waals surface area contributed by atoms with Crippen LogP contribution in [0.2, 0.25) is 0 Å². The van der Waals surface area contributed by atoms with Gasteiger partial charge in [-0.25, -0.2) is 0 Å².